The molecule has 0 saturated heterocycles. The highest BCUT2D eigenvalue weighted by molar-refractivity contribution is 5.89. The fourth-order valence-electron chi connectivity index (χ4n) is 3.15. The first-order valence-electron chi connectivity index (χ1n) is 7.90. The van der Waals surface area contributed by atoms with Gasteiger partial charge in [0.05, 0.1) is 7.05 Å². The Bertz CT molecular complexity index is 1060. The molecule has 1 amide bonds. The lowest BCUT2D eigenvalue weighted by atomic mass is 10.1. The Morgan fingerprint density at radius 2 is 1.75 bits per heavy atom. The molecule has 2 aromatic carbocycles. The monoisotopic (exact) mass is 316 g/mol. The lowest BCUT2D eigenvalue weighted by molar-refractivity contribution is -0.479. The van der Waals surface area contributed by atoms with Gasteiger partial charge in [0.1, 0.15) is 11.7 Å². The van der Waals surface area contributed by atoms with E-state index < -0.39 is 0 Å². The number of aryl methyl sites for hydroxylation is 1. The van der Waals surface area contributed by atoms with E-state index in [-0.39, 0.29) is 5.91 Å². The number of amides is 1. The maximum atomic E-state index is 11.1. The van der Waals surface area contributed by atoms with Crippen molar-refractivity contribution in [1.29, 1.82) is 0 Å². The highest BCUT2D eigenvalue weighted by Gasteiger charge is 2.17. The van der Waals surface area contributed by atoms with Gasteiger partial charge in [-0.1, -0.05) is 18.2 Å². The van der Waals surface area contributed by atoms with Crippen LogP contribution in [0.2, 0.25) is 0 Å². The minimum absolute atomic E-state index is 0.0608. The largest absolute Gasteiger partial charge is 0.326 e. The molecule has 2 aromatic heterocycles. The van der Waals surface area contributed by atoms with Crippen molar-refractivity contribution < 1.29 is 9.20 Å². The molecule has 4 rings (SSSR count). The Balaban J connectivity index is 1.86. The van der Waals surface area contributed by atoms with Gasteiger partial charge in [-0.2, -0.15) is 4.40 Å². The lowest BCUT2D eigenvalue weighted by Gasteiger charge is -2.02. The van der Waals surface area contributed by atoms with Crippen LogP contribution in [0.15, 0.2) is 66.9 Å². The summed E-state index contributed by atoms with van der Waals surface area (Å²) in [6, 6.07) is 20.6. The predicted octanol–water partition coefficient (Wildman–Crippen LogP) is 3.54. The minimum Gasteiger partial charge on any atom is -0.326 e. The van der Waals surface area contributed by atoms with Crippen LogP contribution in [-0.2, 0) is 11.8 Å². The molecular formula is C20H18N3O+. The fraction of sp³-hybridized carbons (Fsp3) is 0.100. The average molecular weight is 316 g/mol. The SMILES string of the molecule is CC(=O)Nc1ccc(-c2c[n+]3c4ccccc4ccc3n2C)cc1. The molecule has 0 spiro atoms. The zero-order valence-electron chi connectivity index (χ0n) is 13.7. The highest BCUT2D eigenvalue weighted by atomic mass is 16.1. The summed E-state index contributed by atoms with van der Waals surface area (Å²) < 4.78 is 4.40. The molecule has 0 aliphatic heterocycles. The number of nitrogens with one attached hydrogen (secondary N) is 1. The van der Waals surface area contributed by atoms with E-state index in [9.17, 15) is 4.79 Å². The van der Waals surface area contributed by atoms with Gasteiger partial charge in [0.25, 0.3) is 5.65 Å². The van der Waals surface area contributed by atoms with E-state index >= 15 is 0 Å². The summed E-state index contributed by atoms with van der Waals surface area (Å²) in [5.41, 5.74) is 5.37. The van der Waals surface area contributed by atoms with Gasteiger partial charge in [-0.15, -0.1) is 0 Å². The first-order valence-corrected chi connectivity index (χ1v) is 7.90. The smallest absolute Gasteiger partial charge is 0.286 e. The molecule has 0 radical (unpaired) electrons. The molecule has 0 unspecified atom stereocenters. The molecule has 0 aliphatic carbocycles. The van der Waals surface area contributed by atoms with Crippen LogP contribution in [0.25, 0.3) is 27.8 Å². The number of carbonyl (C=O) groups is 1. The normalized spacial score (nSPS) is 11.1. The number of para-hydroxylation sites is 1. The summed E-state index contributed by atoms with van der Waals surface area (Å²) in [6.45, 7) is 1.51. The van der Waals surface area contributed by atoms with Crippen molar-refractivity contribution in [3.63, 3.8) is 0 Å². The summed E-state index contributed by atoms with van der Waals surface area (Å²) in [7, 11) is 2.07. The number of hydrogen-bond donors (Lipinski definition) is 1. The number of fused-ring (bicyclic) bond motifs is 3. The van der Waals surface area contributed by atoms with Crippen LogP contribution in [0.5, 0.6) is 0 Å². The van der Waals surface area contributed by atoms with Crippen molar-refractivity contribution in [2.24, 2.45) is 7.05 Å². The maximum Gasteiger partial charge on any atom is 0.286 e. The molecule has 4 aromatic rings. The van der Waals surface area contributed by atoms with Crippen LogP contribution >= 0.6 is 0 Å². The zero-order valence-corrected chi connectivity index (χ0v) is 13.7. The Hall–Kier alpha value is -3.14. The summed E-state index contributed by atoms with van der Waals surface area (Å²) in [5.74, 6) is -0.0608. The highest BCUT2D eigenvalue weighted by Crippen LogP contribution is 2.23. The molecule has 118 valence electrons. The standard InChI is InChI=1S/C20H17N3O/c1-14(24)21-17-10-7-16(8-11-17)19-13-23-18-6-4-3-5-15(18)9-12-20(23)22(19)2/h3-13H,1-2H3/p+1. The van der Waals surface area contributed by atoms with Crippen LogP contribution in [0, 0.1) is 0 Å². The van der Waals surface area contributed by atoms with Gasteiger partial charge in [-0.05, 0) is 36.4 Å². The minimum atomic E-state index is -0.0608. The number of carbonyl (C=O) groups excluding carboxylic acids is 1. The summed E-state index contributed by atoms with van der Waals surface area (Å²) in [4.78, 5) is 11.1. The van der Waals surface area contributed by atoms with Gasteiger partial charge in [-0.3, -0.25) is 4.79 Å². The fourth-order valence-corrected chi connectivity index (χ4v) is 3.15. The van der Waals surface area contributed by atoms with Gasteiger partial charge in [-0.25, -0.2) is 4.57 Å². The quantitative estimate of drug-likeness (QED) is 0.564. The van der Waals surface area contributed by atoms with Crippen molar-refractivity contribution in [3.8, 4) is 11.3 Å². The van der Waals surface area contributed by atoms with Crippen molar-refractivity contribution in [3.05, 3.63) is 66.9 Å². The molecule has 24 heavy (non-hydrogen) atoms. The van der Waals surface area contributed by atoms with Gasteiger partial charge < -0.3 is 5.32 Å². The molecule has 0 fully saturated rings. The molecule has 4 nitrogen and oxygen atoms in total. The molecule has 1 N–H and O–H groups in total. The van der Waals surface area contributed by atoms with Crippen molar-refractivity contribution in [1.82, 2.24) is 4.57 Å². The first-order chi connectivity index (χ1) is 11.6. The maximum absolute atomic E-state index is 11.1. The average Bonchev–Trinajstić information content (AvgIpc) is 2.92. The Morgan fingerprint density at radius 3 is 2.50 bits per heavy atom. The number of pyridine rings is 1. The third kappa shape index (κ3) is 2.33. The third-order valence-corrected chi connectivity index (χ3v) is 4.31. The molecule has 2 heterocycles. The first kappa shape index (κ1) is 14.5. The third-order valence-electron chi connectivity index (χ3n) is 4.31. The van der Waals surface area contributed by atoms with Gasteiger partial charge in [0.2, 0.25) is 5.91 Å². The number of benzene rings is 2. The summed E-state index contributed by atoms with van der Waals surface area (Å²) >= 11 is 0. The number of rotatable bonds is 2. The summed E-state index contributed by atoms with van der Waals surface area (Å²) in [6.07, 6.45) is 2.16. The Kier molecular flexibility index (Phi) is 3.31. The Morgan fingerprint density at radius 1 is 1.00 bits per heavy atom. The predicted molar refractivity (Wildman–Crippen MR) is 95.8 cm³/mol. The van der Waals surface area contributed by atoms with Crippen LogP contribution in [0.3, 0.4) is 0 Å². The van der Waals surface area contributed by atoms with Crippen molar-refractivity contribution in [2.75, 3.05) is 5.32 Å². The number of aromatic nitrogens is 2. The second kappa shape index (κ2) is 5.49. The second-order valence-electron chi connectivity index (χ2n) is 5.95. The van der Waals surface area contributed by atoms with Crippen LogP contribution in [0.1, 0.15) is 6.92 Å². The van der Waals surface area contributed by atoms with E-state index in [1.165, 1.54) is 17.8 Å². The number of hydrogen-bond acceptors (Lipinski definition) is 1. The van der Waals surface area contributed by atoms with E-state index in [1.807, 2.05) is 24.3 Å². The second-order valence-corrected chi connectivity index (χ2v) is 5.95. The van der Waals surface area contributed by atoms with Crippen LogP contribution in [-0.4, -0.2) is 10.5 Å². The van der Waals surface area contributed by atoms with E-state index in [1.54, 1.807) is 0 Å². The van der Waals surface area contributed by atoms with Crippen LogP contribution in [0.4, 0.5) is 5.69 Å². The zero-order chi connectivity index (χ0) is 16.7. The van der Waals surface area contributed by atoms with E-state index in [2.05, 4.69) is 63.9 Å². The lowest BCUT2D eigenvalue weighted by Crippen LogP contribution is -2.20. The van der Waals surface area contributed by atoms with Gasteiger partial charge in [0.15, 0.2) is 5.69 Å². The molecule has 0 saturated carbocycles. The number of anilines is 1. The van der Waals surface area contributed by atoms with Crippen LogP contribution < -0.4 is 9.72 Å². The van der Waals surface area contributed by atoms with Crippen molar-refractivity contribution in [2.45, 2.75) is 6.92 Å². The van der Waals surface area contributed by atoms with E-state index in [4.69, 9.17) is 0 Å². The van der Waals surface area contributed by atoms with E-state index in [0.29, 0.717) is 0 Å². The molecule has 0 aliphatic rings. The van der Waals surface area contributed by atoms with Crippen molar-refractivity contribution >= 4 is 28.1 Å². The van der Waals surface area contributed by atoms with E-state index in [0.717, 1.165) is 22.6 Å². The number of nitrogens with zero attached hydrogens (tertiary/aromatic N) is 2. The molecule has 4 heteroatoms. The Labute approximate surface area is 140 Å². The summed E-state index contributed by atoms with van der Waals surface area (Å²) in [5, 5.41) is 4.01. The number of imidazole rings is 1. The molecule has 0 bridgehead atoms. The topological polar surface area (TPSA) is 38.1 Å². The van der Waals surface area contributed by atoms with Gasteiger partial charge >= 0.3 is 0 Å². The van der Waals surface area contributed by atoms with Gasteiger partial charge in [0, 0.05) is 29.6 Å². The molecule has 0 atom stereocenters. The molecular weight excluding hydrogens is 298 g/mol.